The van der Waals surface area contributed by atoms with Gasteiger partial charge in [0, 0.05) is 43.8 Å². The van der Waals surface area contributed by atoms with Gasteiger partial charge in [0.2, 0.25) is 0 Å². The van der Waals surface area contributed by atoms with Crippen LogP contribution in [0.15, 0.2) is 140 Å². The van der Waals surface area contributed by atoms with Crippen molar-refractivity contribution in [2.45, 2.75) is 12.0 Å². The number of hydrogen-bond acceptors (Lipinski definition) is 4. The highest BCUT2D eigenvalue weighted by Gasteiger charge is 2.40. The number of benzene rings is 5. The number of nitrogens with zero attached hydrogens (tertiary/aromatic N) is 3. The van der Waals surface area contributed by atoms with Crippen molar-refractivity contribution in [1.29, 1.82) is 0 Å². The summed E-state index contributed by atoms with van der Waals surface area (Å²) in [6, 6.07) is 42.7. The Bertz CT molecular complexity index is 2520. The highest BCUT2D eigenvalue weighted by Crippen LogP contribution is 2.51. The molecule has 45 heavy (non-hydrogen) atoms. The van der Waals surface area contributed by atoms with Crippen LogP contribution in [-0.4, -0.2) is 20.6 Å². The maximum absolute atomic E-state index is 7.06. The van der Waals surface area contributed by atoms with Gasteiger partial charge in [0.15, 0.2) is 5.82 Å². The average molecular weight is 596 g/mol. The van der Waals surface area contributed by atoms with Gasteiger partial charge in [-0.15, -0.1) is 11.3 Å². The van der Waals surface area contributed by atoms with Gasteiger partial charge in [0.25, 0.3) is 0 Å². The van der Waals surface area contributed by atoms with Crippen molar-refractivity contribution in [2.24, 2.45) is 0 Å². The molecule has 10 rings (SSSR count). The molecule has 0 saturated carbocycles. The minimum atomic E-state index is -0.222. The first kappa shape index (κ1) is 24.9. The highest BCUT2D eigenvalue weighted by molar-refractivity contribution is 7.26. The fraction of sp³-hybridized carbons (Fsp3) is 0.0500. The maximum atomic E-state index is 7.06. The van der Waals surface area contributed by atoms with Crippen molar-refractivity contribution in [2.75, 3.05) is 0 Å². The third-order valence-corrected chi connectivity index (χ3v) is 10.4. The molecule has 0 saturated heterocycles. The summed E-state index contributed by atoms with van der Waals surface area (Å²) in [6.07, 6.45) is 6.33. The molecule has 2 aliphatic rings. The third-order valence-electron chi connectivity index (χ3n) is 9.19. The maximum Gasteiger partial charge on any atom is 0.160 e. The zero-order chi connectivity index (χ0) is 29.5. The molecule has 0 fully saturated rings. The second-order valence-electron chi connectivity index (χ2n) is 11.7. The van der Waals surface area contributed by atoms with Crippen LogP contribution in [0.25, 0.3) is 64.6 Å². The van der Waals surface area contributed by atoms with Gasteiger partial charge in [0.1, 0.15) is 11.9 Å². The molecule has 1 aliphatic carbocycles. The van der Waals surface area contributed by atoms with Crippen LogP contribution < -0.4 is 4.74 Å². The summed E-state index contributed by atoms with van der Waals surface area (Å²) in [5.41, 5.74) is 8.71. The summed E-state index contributed by atoms with van der Waals surface area (Å²) in [6.45, 7) is 0. The molecule has 4 heterocycles. The summed E-state index contributed by atoms with van der Waals surface area (Å²) >= 11 is 1.76. The van der Waals surface area contributed by atoms with Crippen molar-refractivity contribution in [3.63, 3.8) is 0 Å². The third kappa shape index (κ3) is 3.59. The summed E-state index contributed by atoms with van der Waals surface area (Å²) in [7, 11) is 0. The summed E-state index contributed by atoms with van der Waals surface area (Å²) < 4.78 is 11.7. The molecule has 0 N–H and O–H groups in total. The van der Waals surface area contributed by atoms with Gasteiger partial charge in [0.05, 0.1) is 32.3 Å². The SMILES string of the molecule is C1=CC2c3ccc4c(c3OC2C(c2nc(-c3ccccc3)c3sc5ccccc5c3n2)=C1)c1ccccc1n4-c1ccccc1. The van der Waals surface area contributed by atoms with E-state index in [0.29, 0.717) is 0 Å². The molecule has 8 aromatic rings. The quantitative estimate of drug-likeness (QED) is 0.204. The van der Waals surface area contributed by atoms with E-state index in [1.807, 2.05) is 6.07 Å². The number of rotatable bonds is 3. The van der Waals surface area contributed by atoms with Gasteiger partial charge in [-0.1, -0.05) is 109 Å². The number of allylic oxidation sites excluding steroid dienone is 2. The first-order valence-electron chi connectivity index (χ1n) is 15.2. The van der Waals surface area contributed by atoms with Crippen molar-refractivity contribution >= 4 is 59.0 Å². The normalized spacial score (nSPS) is 17.1. The predicted molar refractivity (Wildman–Crippen MR) is 185 cm³/mol. The lowest BCUT2D eigenvalue weighted by atomic mass is 9.86. The topological polar surface area (TPSA) is 39.9 Å². The lowest BCUT2D eigenvalue weighted by Crippen LogP contribution is -2.22. The second-order valence-corrected chi connectivity index (χ2v) is 12.7. The van der Waals surface area contributed by atoms with Gasteiger partial charge < -0.3 is 9.30 Å². The van der Waals surface area contributed by atoms with E-state index in [2.05, 4.69) is 138 Å². The molecule has 0 radical (unpaired) electrons. The molecule has 1 aliphatic heterocycles. The van der Waals surface area contributed by atoms with Crippen molar-refractivity contribution < 1.29 is 4.74 Å². The molecular weight excluding hydrogens is 571 g/mol. The number of aromatic nitrogens is 3. The van der Waals surface area contributed by atoms with Gasteiger partial charge in [-0.2, -0.15) is 0 Å². The van der Waals surface area contributed by atoms with Crippen LogP contribution in [0.1, 0.15) is 17.3 Å². The van der Waals surface area contributed by atoms with E-state index >= 15 is 0 Å². The van der Waals surface area contributed by atoms with Gasteiger partial charge in [-0.3, -0.25) is 0 Å². The predicted octanol–water partition coefficient (Wildman–Crippen LogP) is 10.1. The molecule has 0 bridgehead atoms. The molecule has 212 valence electrons. The second kappa shape index (κ2) is 9.49. The smallest absolute Gasteiger partial charge is 0.160 e. The van der Waals surface area contributed by atoms with E-state index in [1.165, 1.54) is 21.2 Å². The van der Waals surface area contributed by atoms with E-state index in [4.69, 9.17) is 14.7 Å². The number of ether oxygens (including phenoxy) is 1. The van der Waals surface area contributed by atoms with Crippen molar-refractivity contribution in [1.82, 2.24) is 14.5 Å². The molecule has 3 aromatic heterocycles. The summed E-state index contributed by atoms with van der Waals surface area (Å²) in [5, 5.41) is 3.50. The van der Waals surface area contributed by atoms with Crippen molar-refractivity contribution in [3.05, 3.63) is 151 Å². The summed E-state index contributed by atoms with van der Waals surface area (Å²) in [5.74, 6) is 1.75. The minimum Gasteiger partial charge on any atom is -0.484 e. The van der Waals surface area contributed by atoms with E-state index < -0.39 is 0 Å². The van der Waals surface area contributed by atoms with E-state index in [1.54, 1.807) is 11.3 Å². The molecule has 4 nitrogen and oxygen atoms in total. The Morgan fingerprint density at radius 1 is 0.689 bits per heavy atom. The number of thiophene rings is 1. The Hall–Kier alpha value is -5.52. The number of hydrogen-bond donors (Lipinski definition) is 0. The van der Waals surface area contributed by atoms with Crippen molar-refractivity contribution in [3.8, 4) is 22.7 Å². The summed E-state index contributed by atoms with van der Waals surface area (Å²) in [4.78, 5) is 10.5. The molecule has 2 atom stereocenters. The standard InChI is InChI=1S/C40H25N3OS/c1-3-12-24(13-4-1)35-39-36(29-17-8-10-21-33(29)45-39)42-40(41-35)30-19-11-18-26-27-22-23-32-34(38(27)44-37(26)30)28-16-7-9-20-31(28)43(32)25-14-5-2-6-15-25/h1-23,26,37H. The Balaban J connectivity index is 1.17. The Morgan fingerprint density at radius 3 is 2.31 bits per heavy atom. The van der Waals surface area contributed by atoms with Crippen LogP contribution in [0.4, 0.5) is 0 Å². The van der Waals surface area contributed by atoms with Gasteiger partial charge in [-0.05, 0) is 30.3 Å². The molecule has 5 heteroatoms. The first-order chi connectivity index (χ1) is 22.3. The fourth-order valence-corrected chi connectivity index (χ4v) is 8.36. The largest absolute Gasteiger partial charge is 0.484 e. The fourth-order valence-electron chi connectivity index (χ4n) is 7.20. The Labute approximate surface area is 263 Å². The monoisotopic (exact) mass is 595 g/mol. The zero-order valence-electron chi connectivity index (χ0n) is 24.1. The van der Waals surface area contributed by atoms with Crippen LogP contribution in [0.2, 0.25) is 0 Å². The zero-order valence-corrected chi connectivity index (χ0v) is 24.9. The molecule has 0 spiro atoms. The van der Waals surface area contributed by atoms with E-state index in [-0.39, 0.29) is 12.0 Å². The lowest BCUT2D eigenvalue weighted by molar-refractivity contribution is 0.280. The lowest BCUT2D eigenvalue weighted by Gasteiger charge is -2.22. The average Bonchev–Trinajstić information content (AvgIpc) is 3.78. The Kier molecular flexibility index (Phi) is 5.24. The van der Waals surface area contributed by atoms with E-state index in [9.17, 15) is 0 Å². The van der Waals surface area contributed by atoms with Gasteiger partial charge >= 0.3 is 0 Å². The molecule has 5 aromatic carbocycles. The Morgan fingerprint density at radius 2 is 1.44 bits per heavy atom. The minimum absolute atomic E-state index is 0.0712. The van der Waals surface area contributed by atoms with Gasteiger partial charge in [-0.25, -0.2) is 9.97 Å². The van der Waals surface area contributed by atoms with Crippen LogP contribution in [-0.2, 0) is 0 Å². The van der Waals surface area contributed by atoms with Crippen LogP contribution in [0, 0.1) is 0 Å². The van der Waals surface area contributed by atoms with E-state index in [0.717, 1.165) is 60.6 Å². The first-order valence-corrected chi connectivity index (χ1v) is 16.1. The van der Waals surface area contributed by atoms with Crippen LogP contribution >= 0.6 is 11.3 Å². The number of fused-ring (bicyclic) bond motifs is 10. The number of para-hydroxylation sites is 2. The highest BCUT2D eigenvalue weighted by atomic mass is 32.1. The molecule has 0 amide bonds. The molecular formula is C40H25N3OS. The molecule has 2 unspecified atom stereocenters. The van der Waals surface area contributed by atoms with Crippen LogP contribution in [0.3, 0.4) is 0 Å². The van der Waals surface area contributed by atoms with Crippen LogP contribution in [0.5, 0.6) is 5.75 Å².